The van der Waals surface area contributed by atoms with E-state index in [1.165, 1.54) is 38.5 Å². The number of fused-ring (bicyclic) bond motifs is 2. The second-order valence-corrected chi connectivity index (χ2v) is 6.75. The summed E-state index contributed by atoms with van der Waals surface area (Å²) in [6, 6.07) is 0. The van der Waals surface area contributed by atoms with E-state index in [4.69, 9.17) is 0 Å². The molecule has 0 saturated heterocycles. The molecule has 3 aliphatic rings. The molecular weight excluding hydrogens is 204 g/mol. The van der Waals surface area contributed by atoms with Crippen LogP contribution >= 0.6 is 0 Å². The van der Waals surface area contributed by atoms with Gasteiger partial charge in [-0.05, 0) is 61.2 Å². The summed E-state index contributed by atoms with van der Waals surface area (Å²) in [6.45, 7) is 4.88. The van der Waals surface area contributed by atoms with Gasteiger partial charge >= 0.3 is 0 Å². The first-order valence-electron chi connectivity index (χ1n) is 7.60. The number of hydrogen-bond acceptors (Lipinski definition) is 0. The lowest BCUT2D eigenvalue weighted by atomic mass is 9.60. The van der Waals surface area contributed by atoms with E-state index in [9.17, 15) is 0 Å². The standard InChI is InChI=1S/C17H26/c1-3-14-8-10-17(12-13(14)2)11-9-15-6-4-5-7-16(15)17/h4-7,13-16H,3,8-12H2,1-2H3. The molecule has 3 rings (SSSR count). The molecule has 1 spiro atoms. The lowest BCUT2D eigenvalue weighted by Gasteiger charge is -2.45. The SMILES string of the molecule is CCC1CCC2(CCC3C=CC=CC32)CC1C. The first-order chi connectivity index (χ1) is 8.25. The highest BCUT2D eigenvalue weighted by Crippen LogP contribution is 2.59. The van der Waals surface area contributed by atoms with Gasteiger partial charge in [0.05, 0.1) is 0 Å². The lowest BCUT2D eigenvalue weighted by Crippen LogP contribution is -2.36. The third kappa shape index (κ3) is 1.80. The Morgan fingerprint density at radius 1 is 1.12 bits per heavy atom. The van der Waals surface area contributed by atoms with Crippen molar-refractivity contribution in [1.82, 2.24) is 0 Å². The average molecular weight is 230 g/mol. The summed E-state index contributed by atoms with van der Waals surface area (Å²) in [5.74, 6) is 3.69. The topological polar surface area (TPSA) is 0 Å². The van der Waals surface area contributed by atoms with E-state index in [1.807, 2.05) is 0 Å². The molecule has 0 bridgehead atoms. The predicted octanol–water partition coefficient (Wildman–Crippen LogP) is 4.97. The van der Waals surface area contributed by atoms with E-state index in [1.54, 1.807) is 0 Å². The Morgan fingerprint density at radius 3 is 2.65 bits per heavy atom. The van der Waals surface area contributed by atoms with Crippen LogP contribution < -0.4 is 0 Å². The maximum atomic E-state index is 2.52. The minimum absolute atomic E-state index is 0.678. The summed E-state index contributed by atoms with van der Waals surface area (Å²) in [6.07, 6.45) is 18.3. The summed E-state index contributed by atoms with van der Waals surface area (Å²) < 4.78 is 0. The molecule has 3 aliphatic carbocycles. The highest BCUT2D eigenvalue weighted by Gasteiger charge is 2.49. The first-order valence-corrected chi connectivity index (χ1v) is 7.60. The summed E-state index contributed by atoms with van der Waals surface area (Å²) in [5.41, 5.74) is 0.678. The zero-order valence-corrected chi connectivity index (χ0v) is 11.4. The zero-order chi connectivity index (χ0) is 11.9. The van der Waals surface area contributed by atoms with Crippen LogP contribution in [0, 0.1) is 29.1 Å². The normalized spacial score (nSPS) is 48.6. The van der Waals surface area contributed by atoms with Gasteiger partial charge in [-0.15, -0.1) is 0 Å². The molecule has 0 radical (unpaired) electrons. The predicted molar refractivity (Wildman–Crippen MR) is 73.7 cm³/mol. The van der Waals surface area contributed by atoms with E-state index in [0.717, 1.165) is 23.7 Å². The fourth-order valence-electron chi connectivity index (χ4n) is 5.01. The summed E-state index contributed by atoms with van der Waals surface area (Å²) in [4.78, 5) is 0. The van der Waals surface area contributed by atoms with Crippen LogP contribution in [0.15, 0.2) is 24.3 Å². The molecular formula is C17H26. The van der Waals surface area contributed by atoms with Crippen molar-refractivity contribution >= 4 is 0 Å². The Hall–Kier alpha value is -0.520. The maximum absolute atomic E-state index is 2.52. The van der Waals surface area contributed by atoms with Gasteiger partial charge in [0.1, 0.15) is 0 Å². The van der Waals surface area contributed by atoms with Crippen molar-refractivity contribution in [2.24, 2.45) is 29.1 Å². The van der Waals surface area contributed by atoms with Crippen molar-refractivity contribution in [3.05, 3.63) is 24.3 Å². The zero-order valence-electron chi connectivity index (χ0n) is 11.4. The Bertz CT molecular complexity index is 338. The molecule has 0 nitrogen and oxygen atoms in total. The monoisotopic (exact) mass is 230 g/mol. The molecule has 2 fully saturated rings. The largest absolute Gasteiger partial charge is 0.0808 e. The molecule has 0 aromatic rings. The molecule has 0 heterocycles. The van der Waals surface area contributed by atoms with Crippen LogP contribution in [0.3, 0.4) is 0 Å². The molecule has 0 aromatic carbocycles. The molecule has 0 amide bonds. The molecule has 0 heteroatoms. The van der Waals surface area contributed by atoms with Gasteiger partial charge in [-0.2, -0.15) is 0 Å². The van der Waals surface area contributed by atoms with Crippen LogP contribution in [0.2, 0.25) is 0 Å². The van der Waals surface area contributed by atoms with E-state index < -0.39 is 0 Å². The number of allylic oxidation sites excluding steroid dienone is 4. The van der Waals surface area contributed by atoms with Crippen LogP contribution in [0.1, 0.15) is 52.4 Å². The quantitative estimate of drug-likeness (QED) is 0.596. The smallest absolute Gasteiger partial charge is 0.0111 e. The van der Waals surface area contributed by atoms with Gasteiger partial charge < -0.3 is 0 Å². The molecule has 0 aromatic heterocycles. The van der Waals surface area contributed by atoms with Gasteiger partial charge in [0, 0.05) is 0 Å². The third-order valence-corrected chi connectivity index (χ3v) is 6.00. The van der Waals surface area contributed by atoms with Crippen molar-refractivity contribution in [3.8, 4) is 0 Å². The van der Waals surface area contributed by atoms with Gasteiger partial charge in [-0.3, -0.25) is 0 Å². The second-order valence-electron chi connectivity index (χ2n) is 6.75. The van der Waals surface area contributed by atoms with Crippen LogP contribution in [0.25, 0.3) is 0 Å². The number of hydrogen-bond donors (Lipinski definition) is 0. The lowest BCUT2D eigenvalue weighted by molar-refractivity contribution is 0.0682. The van der Waals surface area contributed by atoms with Gasteiger partial charge in [0.15, 0.2) is 0 Å². The van der Waals surface area contributed by atoms with Crippen molar-refractivity contribution < 1.29 is 0 Å². The Morgan fingerprint density at radius 2 is 1.88 bits per heavy atom. The van der Waals surface area contributed by atoms with Gasteiger partial charge in [-0.25, -0.2) is 0 Å². The van der Waals surface area contributed by atoms with Gasteiger partial charge in [-0.1, -0.05) is 44.6 Å². The van der Waals surface area contributed by atoms with Crippen LogP contribution in [-0.2, 0) is 0 Å². The van der Waals surface area contributed by atoms with Crippen LogP contribution in [0.4, 0.5) is 0 Å². The molecule has 2 saturated carbocycles. The summed E-state index contributed by atoms with van der Waals surface area (Å²) in [5, 5.41) is 0. The highest BCUT2D eigenvalue weighted by atomic mass is 14.5. The molecule has 94 valence electrons. The molecule has 5 unspecified atom stereocenters. The minimum atomic E-state index is 0.678. The maximum Gasteiger partial charge on any atom is -0.0111 e. The second kappa shape index (κ2) is 4.30. The van der Waals surface area contributed by atoms with Crippen molar-refractivity contribution in [1.29, 1.82) is 0 Å². The summed E-state index contributed by atoms with van der Waals surface area (Å²) >= 11 is 0. The Balaban J connectivity index is 1.79. The molecule has 17 heavy (non-hydrogen) atoms. The van der Waals surface area contributed by atoms with E-state index in [0.29, 0.717) is 5.41 Å². The Kier molecular flexibility index (Phi) is 2.92. The highest BCUT2D eigenvalue weighted by molar-refractivity contribution is 5.20. The van der Waals surface area contributed by atoms with Crippen molar-refractivity contribution in [3.63, 3.8) is 0 Å². The molecule has 0 aliphatic heterocycles. The first kappa shape index (κ1) is 11.6. The third-order valence-electron chi connectivity index (χ3n) is 6.00. The van der Waals surface area contributed by atoms with Crippen LogP contribution in [0.5, 0.6) is 0 Å². The minimum Gasteiger partial charge on any atom is -0.0808 e. The van der Waals surface area contributed by atoms with Gasteiger partial charge in [0.25, 0.3) is 0 Å². The fraction of sp³-hybridized carbons (Fsp3) is 0.765. The van der Waals surface area contributed by atoms with E-state index in [-0.39, 0.29) is 0 Å². The van der Waals surface area contributed by atoms with Crippen molar-refractivity contribution in [2.75, 3.05) is 0 Å². The molecule has 5 atom stereocenters. The van der Waals surface area contributed by atoms with Gasteiger partial charge in [0.2, 0.25) is 0 Å². The number of rotatable bonds is 1. The average Bonchev–Trinajstić information content (AvgIpc) is 2.70. The fourth-order valence-corrected chi connectivity index (χ4v) is 5.01. The summed E-state index contributed by atoms with van der Waals surface area (Å²) in [7, 11) is 0. The van der Waals surface area contributed by atoms with E-state index in [2.05, 4.69) is 38.2 Å². The van der Waals surface area contributed by atoms with Crippen LogP contribution in [-0.4, -0.2) is 0 Å². The van der Waals surface area contributed by atoms with E-state index >= 15 is 0 Å². The van der Waals surface area contributed by atoms with Crippen molar-refractivity contribution in [2.45, 2.75) is 52.4 Å². The Labute approximate surface area is 106 Å². The molecule has 0 N–H and O–H groups in total.